The lowest BCUT2D eigenvalue weighted by Gasteiger charge is -2.17. The van der Waals surface area contributed by atoms with Gasteiger partial charge in [-0.15, -0.1) is 0 Å². The van der Waals surface area contributed by atoms with Gasteiger partial charge in [0.05, 0.1) is 19.4 Å². The Morgan fingerprint density at radius 1 is 1.00 bits per heavy atom. The van der Waals surface area contributed by atoms with Crippen LogP contribution in [0.1, 0.15) is 35.3 Å². The number of carbonyl (C=O) groups excluding carboxylic acids is 2. The van der Waals surface area contributed by atoms with Crippen LogP contribution in [0.5, 0.6) is 0 Å². The molecule has 0 bridgehead atoms. The van der Waals surface area contributed by atoms with Crippen molar-refractivity contribution >= 4 is 31.0 Å². The summed E-state index contributed by atoms with van der Waals surface area (Å²) in [5.41, 5.74) is 7.34. The molecule has 162 valence electrons. The summed E-state index contributed by atoms with van der Waals surface area (Å²) in [6.45, 7) is 4.05. The molecule has 3 N–H and O–H groups in total. The Morgan fingerprint density at radius 2 is 1.53 bits per heavy atom. The molecule has 0 aliphatic heterocycles. The molecule has 0 heterocycles. The second-order valence-electron chi connectivity index (χ2n) is 6.56. The zero-order valence-electron chi connectivity index (χ0n) is 17.0. The van der Waals surface area contributed by atoms with Gasteiger partial charge in [-0.3, -0.25) is 14.2 Å². The quantitative estimate of drug-likeness (QED) is 0.502. The molecule has 0 saturated heterocycles. The molecule has 2 rings (SSSR count). The zero-order valence-corrected chi connectivity index (χ0v) is 18.6. The molecule has 2 aromatic carbocycles. The maximum absolute atomic E-state index is 12.6. The van der Waals surface area contributed by atoms with E-state index in [1.807, 2.05) is 0 Å². The Labute approximate surface area is 181 Å². The number of hydrogen-bond donors (Lipinski definition) is 2. The molecule has 0 spiro atoms. The van der Waals surface area contributed by atoms with Gasteiger partial charge in [-0.25, -0.2) is 0 Å². The van der Waals surface area contributed by atoms with Gasteiger partial charge in [0.1, 0.15) is 6.04 Å². The molecular weight excluding hydrogens is 427 g/mol. The first-order valence-electron chi connectivity index (χ1n) is 9.58. The molecule has 0 saturated carbocycles. The maximum atomic E-state index is 12.6. The Bertz CT molecular complexity index is 893. The Hall–Kier alpha value is -2.18. The highest BCUT2D eigenvalue weighted by atomic mass is 35.5. The first kappa shape index (κ1) is 24.1. The fraction of sp³-hybridized carbons (Fsp3) is 0.333. The normalized spacial score (nSPS) is 12.4. The number of amides is 2. The van der Waals surface area contributed by atoms with E-state index in [1.165, 1.54) is 0 Å². The van der Waals surface area contributed by atoms with Crippen molar-refractivity contribution in [3.8, 4) is 0 Å². The van der Waals surface area contributed by atoms with Crippen LogP contribution < -0.4 is 11.1 Å². The van der Waals surface area contributed by atoms with Gasteiger partial charge >= 0.3 is 7.60 Å². The van der Waals surface area contributed by atoms with Crippen molar-refractivity contribution in [2.45, 2.75) is 32.5 Å². The summed E-state index contributed by atoms with van der Waals surface area (Å²) in [7, 11) is -3.23. The summed E-state index contributed by atoms with van der Waals surface area (Å²) in [6.07, 6.45) is 0.360. The van der Waals surface area contributed by atoms with Crippen LogP contribution in [0, 0.1) is 0 Å². The second kappa shape index (κ2) is 11.3. The summed E-state index contributed by atoms with van der Waals surface area (Å²) < 4.78 is 23.2. The maximum Gasteiger partial charge on any atom is 0.335 e. The van der Waals surface area contributed by atoms with Crippen LogP contribution in [0.25, 0.3) is 0 Å². The summed E-state index contributed by atoms with van der Waals surface area (Å²) >= 11 is 5.87. The highest BCUT2D eigenvalue weighted by Gasteiger charge is 2.24. The van der Waals surface area contributed by atoms with Crippen molar-refractivity contribution in [1.29, 1.82) is 0 Å². The van der Waals surface area contributed by atoms with Crippen molar-refractivity contribution in [3.63, 3.8) is 0 Å². The van der Waals surface area contributed by atoms with E-state index in [-0.39, 0.29) is 25.8 Å². The van der Waals surface area contributed by atoms with E-state index < -0.39 is 25.5 Å². The Kier molecular flexibility index (Phi) is 9.06. The lowest BCUT2D eigenvalue weighted by atomic mass is 10.0. The number of rotatable bonds is 11. The van der Waals surface area contributed by atoms with E-state index in [4.69, 9.17) is 26.4 Å². The van der Waals surface area contributed by atoms with E-state index in [9.17, 15) is 14.2 Å². The molecule has 0 radical (unpaired) electrons. The molecule has 30 heavy (non-hydrogen) atoms. The van der Waals surface area contributed by atoms with Gasteiger partial charge in [0, 0.05) is 17.0 Å². The third-order valence-electron chi connectivity index (χ3n) is 4.25. The highest BCUT2D eigenvalue weighted by Crippen LogP contribution is 2.51. The van der Waals surface area contributed by atoms with Gasteiger partial charge < -0.3 is 20.1 Å². The van der Waals surface area contributed by atoms with Crippen molar-refractivity contribution < 1.29 is 23.2 Å². The minimum atomic E-state index is -3.23. The summed E-state index contributed by atoms with van der Waals surface area (Å²) in [6, 6.07) is 12.6. The average Bonchev–Trinajstić information content (AvgIpc) is 2.69. The summed E-state index contributed by atoms with van der Waals surface area (Å²) in [4.78, 5) is 24.4. The average molecular weight is 453 g/mol. The van der Waals surface area contributed by atoms with E-state index >= 15 is 0 Å². The number of halogens is 1. The standard InChI is InChI=1S/C21H26ClN2O5P/c1-3-28-30(27,29-4-2)14-16-5-9-17(10-6-16)21(26)24-19(20(23)25)13-15-7-11-18(22)12-8-15/h5-12,19H,3-4,13-14H2,1-2H3,(H2,23,25)(H,24,26)/t19-/m0/s1. The SMILES string of the molecule is CCOP(=O)(Cc1ccc(C(=O)N[C@@H](Cc2ccc(Cl)cc2)C(N)=O)cc1)OCC. The predicted molar refractivity (Wildman–Crippen MR) is 117 cm³/mol. The van der Waals surface area contributed by atoms with Crippen LogP contribution in [0.4, 0.5) is 0 Å². The fourth-order valence-corrected chi connectivity index (χ4v) is 4.66. The number of carbonyl (C=O) groups is 2. The number of benzene rings is 2. The van der Waals surface area contributed by atoms with E-state index in [0.29, 0.717) is 16.1 Å². The third kappa shape index (κ3) is 7.26. The minimum absolute atomic E-state index is 0.108. The number of nitrogens with one attached hydrogen (secondary N) is 1. The smallest absolute Gasteiger partial charge is 0.335 e. The Morgan fingerprint density at radius 3 is 2.03 bits per heavy atom. The molecular formula is C21H26ClN2O5P. The van der Waals surface area contributed by atoms with Gasteiger partial charge in [0.2, 0.25) is 5.91 Å². The minimum Gasteiger partial charge on any atom is -0.368 e. The molecule has 2 amide bonds. The van der Waals surface area contributed by atoms with Crippen LogP contribution in [-0.4, -0.2) is 31.1 Å². The molecule has 9 heteroatoms. The van der Waals surface area contributed by atoms with E-state index in [2.05, 4.69) is 5.32 Å². The van der Waals surface area contributed by atoms with Crippen molar-refractivity contribution in [1.82, 2.24) is 5.32 Å². The van der Waals surface area contributed by atoms with Gasteiger partial charge in [-0.1, -0.05) is 35.9 Å². The second-order valence-corrected chi connectivity index (χ2v) is 9.05. The van der Waals surface area contributed by atoms with Gasteiger partial charge in [0.25, 0.3) is 5.91 Å². The molecule has 1 atom stereocenters. The van der Waals surface area contributed by atoms with Crippen molar-refractivity contribution in [2.75, 3.05) is 13.2 Å². The van der Waals surface area contributed by atoms with E-state index in [0.717, 1.165) is 5.56 Å². The highest BCUT2D eigenvalue weighted by molar-refractivity contribution is 7.53. The van der Waals surface area contributed by atoms with Crippen LogP contribution in [0.2, 0.25) is 5.02 Å². The molecule has 7 nitrogen and oxygen atoms in total. The van der Waals surface area contributed by atoms with Crippen LogP contribution in [0.3, 0.4) is 0 Å². The largest absolute Gasteiger partial charge is 0.368 e. The third-order valence-corrected chi connectivity index (χ3v) is 6.55. The Balaban J connectivity index is 2.05. The molecule has 0 unspecified atom stereocenters. The van der Waals surface area contributed by atoms with Gasteiger partial charge in [-0.2, -0.15) is 0 Å². The van der Waals surface area contributed by atoms with Gasteiger partial charge in [-0.05, 0) is 49.2 Å². The molecule has 0 aliphatic carbocycles. The van der Waals surface area contributed by atoms with Crippen LogP contribution >= 0.6 is 19.2 Å². The van der Waals surface area contributed by atoms with Crippen molar-refractivity contribution in [2.24, 2.45) is 5.73 Å². The molecule has 2 aromatic rings. The van der Waals surface area contributed by atoms with E-state index in [1.54, 1.807) is 62.4 Å². The topological polar surface area (TPSA) is 108 Å². The summed E-state index contributed by atoms with van der Waals surface area (Å²) in [5, 5.41) is 3.23. The number of primary amides is 1. The van der Waals surface area contributed by atoms with Crippen molar-refractivity contribution in [3.05, 3.63) is 70.2 Å². The summed E-state index contributed by atoms with van der Waals surface area (Å²) in [5.74, 6) is -1.07. The first-order valence-corrected chi connectivity index (χ1v) is 11.7. The van der Waals surface area contributed by atoms with Crippen LogP contribution in [-0.2, 0) is 31.0 Å². The van der Waals surface area contributed by atoms with Crippen LogP contribution in [0.15, 0.2) is 48.5 Å². The molecule has 0 fully saturated rings. The monoisotopic (exact) mass is 452 g/mol. The zero-order chi connectivity index (χ0) is 22.1. The lowest BCUT2D eigenvalue weighted by Crippen LogP contribution is -2.45. The molecule has 0 aromatic heterocycles. The lowest BCUT2D eigenvalue weighted by molar-refractivity contribution is -0.119. The van der Waals surface area contributed by atoms with Gasteiger partial charge in [0.15, 0.2) is 0 Å². The number of nitrogens with two attached hydrogens (primary N) is 1. The molecule has 0 aliphatic rings. The number of hydrogen-bond acceptors (Lipinski definition) is 5. The fourth-order valence-electron chi connectivity index (χ4n) is 2.83. The predicted octanol–water partition coefficient (Wildman–Crippen LogP) is 3.93. The first-order chi connectivity index (χ1) is 14.3.